The Hall–Kier alpha value is -2.37. The minimum absolute atomic E-state index is 0.0220. The van der Waals surface area contributed by atoms with Gasteiger partial charge in [-0.15, -0.1) is 0 Å². The van der Waals surface area contributed by atoms with Crippen molar-refractivity contribution in [2.45, 2.75) is 44.9 Å². The number of halogens is 1. The Morgan fingerprint density at radius 2 is 1.93 bits per heavy atom. The van der Waals surface area contributed by atoms with Crippen molar-refractivity contribution in [2.75, 3.05) is 19.8 Å². The van der Waals surface area contributed by atoms with Gasteiger partial charge in [0.1, 0.15) is 11.6 Å². The Bertz CT molecular complexity index is 900. The molecule has 1 aliphatic heterocycles. The summed E-state index contributed by atoms with van der Waals surface area (Å²) in [5.41, 5.74) is 2.23. The lowest BCUT2D eigenvalue weighted by atomic mass is 10.1. The molecule has 3 aromatic rings. The number of rotatable bonds is 9. The SMILES string of the molecule is Fc1ccc(CCOc2ccc3ccn(CCCOC4CCCCO4)c3c2)cc1. The van der Waals surface area contributed by atoms with Gasteiger partial charge in [-0.25, -0.2) is 4.39 Å². The van der Waals surface area contributed by atoms with E-state index < -0.39 is 0 Å². The van der Waals surface area contributed by atoms with Crippen molar-refractivity contribution in [1.29, 1.82) is 0 Å². The highest BCUT2D eigenvalue weighted by Crippen LogP contribution is 2.23. The number of aryl methyl sites for hydroxylation is 1. The summed E-state index contributed by atoms with van der Waals surface area (Å²) in [5, 5.41) is 1.20. The first-order chi connectivity index (χ1) is 14.3. The van der Waals surface area contributed by atoms with E-state index in [-0.39, 0.29) is 12.1 Å². The van der Waals surface area contributed by atoms with Gasteiger partial charge in [-0.2, -0.15) is 0 Å². The van der Waals surface area contributed by atoms with E-state index in [0.717, 1.165) is 55.7 Å². The lowest BCUT2D eigenvalue weighted by Gasteiger charge is -2.22. The third kappa shape index (κ3) is 5.58. The van der Waals surface area contributed by atoms with Gasteiger partial charge in [0.15, 0.2) is 6.29 Å². The first-order valence-corrected chi connectivity index (χ1v) is 10.5. The lowest BCUT2D eigenvalue weighted by molar-refractivity contribution is -0.162. The normalized spacial score (nSPS) is 16.9. The van der Waals surface area contributed by atoms with Crippen molar-refractivity contribution in [2.24, 2.45) is 0 Å². The molecule has 1 unspecified atom stereocenters. The van der Waals surface area contributed by atoms with Crippen LogP contribution in [-0.4, -0.2) is 30.7 Å². The van der Waals surface area contributed by atoms with E-state index in [1.807, 2.05) is 6.07 Å². The molecule has 0 N–H and O–H groups in total. The first-order valence-electron chi connectivity index (χ1n) is 10.5. The summed E-state index contributed by atoms with van der Waals surface area (Å²) < 4.78 is 32.6. The third-order valence-electron chi connectivity index (χ3n) is 5.30. The second kappa shape index (κ2) is 9.90. The predicted molar refractivity (Wildman–Crippen MR) is 112 cm³/mol. The largest absolute Gasteiger partial charge is 0.493 e. The molecule has 154 valence electrons. The summed E-state index contributed by atoms with van der Waals surface area (Å²) in [7, 11) is 0. The van der Waals surface area contributed by atoms with E-state index in [1.165, 1.54) is 23.9 Å². The number of hydrogen-bond donors (Lipinski definition) is 0. The second-order valence-corrected chi connectivity index (χ2v) is 7.48. The van der Waals surface area contributed by atoms with Crippen LogP contribution in [-0.2, 0) is 22.4 Å². The van der Waals surface area contributed by atoms with Gasteiger partial charge in [-0.05, 0) is 67.0 Å². The van der Waals surface area contributed by atoms with Crippen LogP contribution in [0, 0.1) is 5.82 Å². The van der Waals surface area contributed by atoms with Crippen LogP contribution in [0.1, 0.15) is 31.2 Å². The first kappa shape index (κ1) is 19.9. The number of aromatic nitrogens is 1. The Labute approximate surface area is 171 Å². The summed E-state index contributed by atoms with van der Waals surface area (Å²) >= 11 is 0. The minimum atomic E-state index is -0.211. The van der Waals surface area contributed by atoms with Crippen LogP contribution in [0.25, 0.3) is 10.9 Å². The van der Waals surface area contributed by atoms with Crippen LogP contribution < -0.4 is 4.74 Å². The molecule has 1 fully saturated rings. The van der Waals surface area contributed by atoms with Crippen molar-refractivity contribution in [1.82, 2.24) is 4.57 Å². The molecule has 0 spiro atoms. The summed E-state index contributed by atoms with van der Waals surface area (Å²) in [6.45, 7) is 2.98. The average molecular weight is 397 g/mol. The highest BCUT2D eigenvalue weighted by atomic mass is 19.1. The molecular formula is C24H28FNO3. The molecule has 2 aromatic carbocycles. The molecule has 0 radical (unpaired) electrons. The van der Waals surface area contributed by atoms with E-state index in [4.69, 9.17) is 14.2 Å². The fourth-order valence-corrected chi connectivity index (χ4v) is 3.68. The number of benzene rings is 2. The second-order valence-electron chi connectivity index (χ2n) is 7.48. The van der Waals surface area contributed by atoms with Crippen molar-refractivity contribution >= 4 is 10.9 Å². The molecular weight excluding hydrogens is 369 g/mol. The molecule has 1 saturated heterocycles. The Balaban J connectivity index is 1.28. The van der Waals surface area contributed by atoms with Crippen molar-refractivity contribution in [3.63, 3.8) is 0 Å². The van der Waals surface area contributed by atoms with E-state index in [9.17, 15) is 4.39 Å². The van der Waals surface area contributed by atoms with E-state index in [1.54, 1.807) is 12.1 Å². The Kier molecular flexibility index (Phi) is 6.80. The van der Waals surface area contributed by atoms with Crippen LogP contribution in [0.2, 0.25) is 0 Å². The molecule has 0 saturated carbocycles. The van der Waals surface area contributed by atoms with Crippen LogP contribution in [0.3, 0.4) is 0 Å². The quantitative estimate of drug-likeness (QED) is 0.457. The summed E-state index contributed by atoms with van der Waals surface area (Å²) in [6.07, 6.45) is 7.13. The molecule has 29 heavy (non-hydrogen) atoms. The number of hydrogen-bond acceptors (Lipinski definition) is 3. The fourth-order valence-electron chi connectivity index (χ4n) is 3.68. The molecule has 0 bridgehead atoms. The molecule has 2 heterocycles. The zero-order valence-electron chi connectivity index (χ0n) is 16.7. The molecule has 4 rings (SSSR count). The zero-order valence-corrected chi connectivity index (χ0v) is 16.7. The van der Waals surface area contributed by atoms with Gasteiger partial charge in [0.25, 0.3) is 0 Å². The van der Waals surface area contributed by atoms with E-state index in [0.29, 0.717) is 13.2 Å². The maximum atomic E-state index is 13.0. The average Bonchev–Trinajstić information content (AvgIpc) is 3.16. The third-order valence-corrected chi connectivity index (χ3v) is 5.30. The van der Waals surface area contributed by atoms with Crippen molar-refractivity contribution in [3.8, 4) is 5.75 Å². The van der Waals surface area contributed by atoms with Crippen molar-refractivity contribution < 1.29 is 18.6 Å². The number of fused-ring (bicyclic) bond motifs is 1. The van der Waals surface area contributed by atoms with Gasteiger partial charge in [0, 0.05) is 31.8 Å². The standard InChI is InChI=1S/C24H28FNO3/c25-21-8-5-19(6-9-21)12-17-27-22-10-7-20-11-14-26(23(20)18-22)13-3-16-29-24-4-1-2-15-28-24/h5-11,14,18,24H,1-4,12-13,15-17H2. The summed E-state index contributed by atoms with van der Waals surface area (Å²) in [6, 6.07) is 14.9. The molecule has 5 heteroatoms. The highest BCUT2D eigenvalue weighted by molar-refractivity contribution is 5.81. The molecule has 1 aromatic heterocycles. The predicted octanol–water partition coefficient (Wildman–Crippen LogP) is 5.34. The Morgan fingerprint density at radius 1 is 1.03 bits per heavy atom. The maximum absolute atomic E-state index is 13.0. The molecule has 0 amide bonds. The molecule has 0 aliphatic carbocycles. The smallest absolute Gasteiger partial charge is 0.157 e. The van der Waals surface area contributed by atoms with Crippen LogP contribution in [0.5, 0.6) is 5.75 Å². The van der Waals surface area contributed by atoms with Gasteiger partial charge in [-0.3, -0.25) is 0 Å². The van der Waals surface area contributed by atoms with Gasteiger partial charge in [0.2, 0.25) is 0 Å². The van der Waals surface area contributed by atoms with Crippen LogP contribution in [0.4, 0.5) is 4.39 Å². The monoisotopic (exact) mass is 397 g/mol. The highest BCUT2D eigenvalue weighted by Gasteiger charge is 2.13. The van der Waals surface area contributed by atoms with E-state index >= 15 is 0 Å². The topological polar surface area (TPSA) is 32.6 Å². The van der Waals surface area contributed by atoms with Crippen molar-refractivity contribution in [3.05, 3.63) is 66.1 Å². The zero-order chi connectivity index (χ0) is 19.9. The van der Waals surface area contributed by atoms with Gasteiger partial charge in [-0.1, -0.05) is 12.1 Å². The van der Waals surface area contributed by atoms with Crippen LogP contribution >= 0.6 is 0 Å². The van der Waals surface area contributed by atoms with Gasteiger partial charge >= 0.3 is 0 Å². The summed E-state index contributed by atoms with van der Waals surface area (Å²) in [4.78, 5) is 0. The van der Waals surface area contributed by atoms with Crippen LogP contribution in [0.15, 0.2) is 54.7 Å². The fraction of sp³-hybridized carbons (Fsp3) is 0.417. The molecule has 1 aliphatic rings. The molecule has 4 nitrogen and oxygen atoms in total. The molecule has 1 atom stereocenters. The Morgan fingerprint density at radius 3 is 2.76 bits per heavy atom. The minimum Gasteiger partial charge on any atom is -0.493 e. The lowest BCUT2D eigenvalue weighted by Crippen LogP contribution is -2.22. The number of ether oxygens (including phenoxy) is 3. The summed E-state index contributed by atoms with van der Waals surface area (Å²) in [5.74, 6) is 0.643. The number of nitrogens with zero attached hydrogens (tertiary/aromatic N) is 1. The van der Waals surface area contributed by atoms with Gasteiger partial charge in [0.05, 0.1) is 18.7 Å². The van der Waals surface area contributed by atoms with E-state index in [2.05, 4.69) is 29.0 Å². The van der Waals surface area contributed by atoms with Gasteiger partial charge < -0.3 is 18.8 Å². The maximum Gasteiger partial charge on any atom is 0.157 e.